The summed E-state index contributed by atoms with van der Waals surface area (Å²) in [4.78, 5) is 4.23. The van der Waals surface area contributed by atoms with E-state index in [0.29, 0.717) is 22.8 Å². The van der Waals surface area contributed by atoms with Crippen LogP contribution < -0.4 is 9.47 Å². The average Bonchev–Trinajstić information content (AvgIpc) is 3.10. The summed E-state index contributed by atoms with van der Waals surface area (Å²) in [6, 6.07) is 8.70. The molecular weight excluding hydrogens is 332 g/mol. The molecule has 0 atom stereocenters. The lowest BCUT2D eigenvalue weighted by atomic mass is 9.97. The molecule has 0 saturated carbocycles. The number of phenolic OH excluding ortho intramolecular Hbond substituents is 2. The third kappa shape index (κ3) is 3.06. The van der Waals surface area contributed by atoms with Gasteiger partial charge in [0.15, 0.2) is 11.5 Å². The highest BCUT2D eigenvalue weighted by Crippen LogP contribution is 2.39. The number of phenols is 2. The number of methoxy groups -OCH3 is 2. The first-order valence-electron chi connectivity index (χ1n) is 8.27. The van der Waals surface area contributed by atoms with Gasteiger partial charge in [-0.25, -0.2) is 4.98 Å². The second-order valence-electron chi connectivity index (χ2n) is 6.27. The van der Waals surface area contributed by atoms with Crippen molar-refractivity contribution in [2.45, 2.75) is 19.8 Å². The molecule has 0 radical (unpaired) electrons. The maximum Gasteiger partial charge on any atom is 0.162 e. The first-order valence-corrected chi connectivity index (χ1v) is 8.27. The van der Waals surface area contributed by atoms with Gasteiger partial charge in [-0.1, -0.05) is 13.8 Å². The van der Waals surface area contributed by atoms with Crippen molar-refractivity contribution >= 4 is 0 Å². The van der Waals surface area contributed by atoms with Crippen LogP contribution in [0.4, 0.5) is 0 Å². The Hall–Kier alpha value is -3.15. The fourth-order valence-corrected chi connectivity index (χ4v) is 2.94. The molecular formula is C20H22N2O4. The third-order valence-electron chi connectivity index (χ3n) is 4.33. The average molecular weight is 354 g/mol. The fourth-order valence-electron chi connectivity index (χ4n) is 2.94. The second-order valence-corrected chi connectivity index (χ2v) is 6.27. The summed E-state index contributed by atoms with van der Waals surface area (Å²) >= 11 is 0. The van der Waals surface area contributed by atoms with Crippen LogP contribution in [-0.4, -0.2) is 34.0 Å². The highest BCUT2D eigenvalue weighted by molar-refractivity contribution is 5.71. The van der Waals surface area contributed by atoms with Crippen LogP contribution in [0, 0.1) is 0 Å². The van der Waals surface area contributed by atoms with Crippen LogP contribution in [0.1, 0.15) is 25.3 Å². The molecule has 3 aromatic rings. The summed E-state index contributed by atoms with van der Waals surface area (Å²) < 4.78 is 12.5. The Bertz CT molecular complexity index is 932. The van der Waals surface area contributed by atoms with Gasteiger partial charge in [-0.05, 0) is 29.7 Å². The number of nitrogens with zero attached hydrogens (tertiary/aromatic N) is 2. The van der Waals surface area contributed by atoms with Gasteiger partial charge in [0.25, 0.3) is 0 Å². The predicted octanol–water partition coefficient (Wildman–Crippen LogP) is 4.09. The van der Waals surface area contributed by atoms with Gasteiger partial charge in [0.05, 0.1) is 38.1 Å². The lowest BCUT2D eigenvalue weighted by molar-refractivity contribution is 0.355. The molecule has 26 heavy (non-hydrogen) atoms. The molecule has 2 N–H and O–H groups in total. The van der Waals surface area contributed by atoms with Gasteiger partial charge in [-0.15, -0.1) is 0 Å². The van der Waals surface area contributed by atoms with Crippen LogP contribution in [0.2, 0.25) is 0 Å². The number of aromatic nitrogens is 2. The van der Waals surface area contributed by atoms with Crippen molar-refractivity contribution in [3.8, 4) is 39.9 Å². The zero-order chi connectivity index (χ0) is 18.8. The number of rotatable bonds is 5. The van der Waals surface area contributed by atoms with Gasteiger partial charge in [0, 0.05) is 17.7 Å². The van der Waals surface area contributed by atoms with Crippen molar-refractivity contribution in [3.05, 3.63) is 48.4 Å². The van der Waals surface area contributed by atoms with E-state index in [1.165, 1.54) is 6.07 Å². The summed E-state index contributed by atoms with van der Waals surface area (Å²) in [7, 11) is 3.17. The van der Waals surface area contributed by atoms with Gasteiger partial charge in [0.1, 0.15) is 11.5 Å². The van der Waals surface area contributed by atoms with E-state index in [-0.39, 0.29) is 17.4 Å². The Balaban J connectivity index is 2.15. The molecule has 0 spiro atoms. The number of aromatic hydroxyl groups is 2. The summed E-state index contributed by atoms with van der Waals surface area (Å²) in [6.45, 7) is 3.98. The van der Waals surface area contributed by atoms with Crippen LogP contribution >= 0.6 is 0 Å². The Kier molecular flexibility index (Phi) is 4.75. The molecule has 0 fully saturated rings. The molecule has 136 valence electrons. The number of imidazole rings is 1. The zero-order valence-electron chi connectivity index (χ0n) is 15.2. The highest BCUT2D eigenvalue weighted by atomic mass is 16.5. The van der Waals surface area contributed by atoms with Crippen molar-refractivity contribution in [2.24, 2.45) is 0 Å². The molecule has 0 aliphatic heterocycles. The second kappa shape index (κ2) is 7.00. The predicted molar refractivity (Wildman–Crippen MR) is 99.5 cm³/mol. The first-order chi connectivity index (χ1) is 12.5. The van der Waals surface area contributed by atoms with Crippen molar-refractivity contribution < 1.29 is 19.7 Å². The molecule has 0 unspecified atom stereocenters. The van der Waals surface area contributed by atoms with E-state index < -0.39 is 0 Å². The minimum atomic E-state index is -0.00544. The standard InChI is InChI=1S/C20H22N2O4/c1-12(2)14-8-15(18(24)9-17(14)23)16-10-21-11-22(16)13-5-6-19(25-3)20(7-13)26-4/h5-12,23-24H,1-4H3. The van der Waals surface area contributed by atoms with E-state index in [0.717, 1.165) is 11.3 Å². The normalized spacial score (nSPS) is 11.0. The fraction of sp³-hybridized carbons (Fsp3) is 0.250. The Morgan fingerprint density at radius 1 is 0.962 bits per heavy atom. The van der Waals surface area contributed by atoms with Crippen molar-refractivity contribution in [2.75, 3.05) is 14.2 Å². The number of benzene rings is 2. The largest absolute Gasteiger partial charge is 0.508 e. The molecule has 0 aliphatic carbocycles. The van der Waals surface area contributed by atoms with E-state index in [4.69, 9.17) is 9.47 Å². The molecule has 1 heterocycles. The van der Waals surface area contributed by atoms with Gasteiger partial charge in [-0.2, -0.15) is 0 Å². The van der Waals surface area contributed by atoms with E-state index in [9.17, 15) is 10.2 Å². The molecule has 0 bridgehead atoms. The molecule has 3 rings (SSSR count). The summed E-state index contributed by atoms with van der Waals surface area (Å²) in [5.41, 5.74) is 2.88. The van der Waals surface area contributed by atoms with Gasteiger partial charge in [0.2, 0.25) is 0 Å². The quantitative estimate of drug-likeness (QED) is 0.722. The molecule has 6 nitrogen and oxygen atoms in total. The zero-order valence-corrected chi connectivity index (χ0v) is 15.2. The van der Waals surface area contributed by atoms with E-state index in [2.05, 4.69) is 4.98 Å². The minimum Gasteiger partial charge on any atom is -0.508 e. The van der Waals surface area contributed by atoms with Crippen molar-refractivity contribution in [1.29, 1.82) is 0 Å². The van der Waals surface area contributed by atoms with E-state index in [1.807, 2.05) is 36.6 Å². The Morgan fingerprint density at radius 2 is 1.69 bits per heavy atom. The Labute approximate surface area is 152 Å². The summed E-state index contributed by atoms with van der Waals surface area (Å²) in [6.07, 6.45) is 3.34. The number of hydrogen-bond acceptors (Lipinski definition) is 5. The first kappa shape index (κ1) is 17.7. The Morgan fingerprint density at radius 3 is 2.35 bits per heavy atom. The summed E-state index contributed by atoms with van der Waals surface area (Å²) in [5, 5.41) is 20.5. The SMILES string of the molecule is COc1ccc(-n2cncc2-c2cc(C(C)C)c(O)cc2O)cc1OC. The van der Waals surface area contributed by atoms with Crippen LogP contribution in [0.15, 0.2) is 42.9 Å². The van der Waals surface area contributed by atoms with Gasteiger partial charge >= 0.3 is 0 Å². The molecule has 0 amide bonds. The molecule has 0 aliphatic rings. The van der Waals surface area contributed by atoms with Crippen molar-refractivity contribution in [1.82, 2.24) is 9.55 Å². The van der Waals surface area contributed by atoms with Crippen LogP contribution in [0.25, 0.3) is 16.9 Å². The molecule has 1 aromatic heterocycles. The molecule has 2 aromatic carbocycles. The monoisotopic (exact) mass is 354 g/mol. The van der Waals surface area contributed by atoms with Gasteiger partial charge in [-0.3, -0.25) is 4.57 Å². The van der Waals surface area contributed by atoms with Crippen molar-refractivity contribution in [3.63, 3.8) is 0 Å². The maximum atomic E-state index is 10.4. The lowest BCUT2D eigenvalue weighted by Crippen LogP contribution is -1.99. The minimum absolute atomic E-state index is 0.00544. The maximum absolute atomic E-state index is 10.4. The van der Waals surface area contributed by atoms with E-state index in [1.54, 1.807) is 32.8 Å². The lowest BCUT2D eigenvalue weighted by Gasteiger charge is -2.15. The van der Waals surface area contributed by atoms with Gasteiger partial charge < -0.3 is 19.7 Å². The van der Waals surface area contributed by atoms with Crippen LogP contribution in [0.5, 0.6) is 23.0 Å². The smallest absolute Gasteiger partial charge is 0.162 e. The van der Waals surface area contributed by atoms with Crippen LogP contribution in [0.3, 0.4) is 0 Å². The molecule has 0 saturated heterocycles. The van der Waals surface area contributed by atoms with E-state index >= 15 is 0 Å². The third-order valence-corrected chi connectivity index (χ3v) is 4.33. The highest BCUT2D eigenvalue weighted by Gasteiger charge is 2.17. The summed E-state index contributed by atoms with van der Waals surface area (Å²) in [5.74, 6) is 1.43. The topological polar surface area (TPSA) is 76.7 Å². The number of ether oxygens (including phenoxy) is 2. The number of hydrogen-bond donors (Lipinski definition) is 2. The molecule has 6 heteroatoms. The van der Waals surface area contributed by atoms with Crippen LogP contribution in [-0.2, 0) is 0 Å².